The lowest BCUT2D eigenvalue weighted by Crippen LogP contribution is -2.49. The lowest BCUT2D eigenvalue weighted by atomic mass is 10.3. The third kappa shape index (κ3) is 4.17. The second kappa shape index (κ2) is 8.92. The van der Waals surface area contributed by atoms with Gasteiger partial charge in [0.2, 0.25) is 0 Å². The van der Waals surface area contributed by atoms with Crippen LogP contribution >= 0.6 is 31.5 Å². The van der Waals surface area contributed by atoms with Crippen LogP contribution in [0, 0.1) is 0 Å². The van der Waals surface area contributed by atoms with E-state index in [9.17, 15) is 0 Å². The Morgan fingerprint density at radius 3 is 1.70 bits per heavy atom. The number of halogens is 1. The average molecular weight is 453 g/mol. The van der Waals surface area contributed by atoms with Crippen LogP contribution in [-0.4, -0.2) is 75.7 Å². The van der Waals surface area contributed by atoms with Gasteiger partial charge in [-0.3, -0.25) is 0 Å². The molecule has 0 amide bonds. The summed E-state index contributed by atoms with van der Waals surface area (Å²) < 4.78 is 21.7. The first kappa shape index (κ1) is 19.3. The summed E-state index contributed by atoms with van der Waals surface area (Å²) in [5, 5.41) is 1.41. The van der Waals surface area contributed by atoms with Crippen molar-refractivity contribution in [3.8, 4) is 5.75 Å². The van der Waals surface area contributed by atoms with Crippen LogP contribution in [0.2, 0.25) is 0 Å². The molecule has 0 aliphatic carbocycles. The Balaban J connectivity index is 0.00000192. The van der Waals surface area contributed by atoms with E-state index >= 15 is 0 Å². The van der Waals surface area contributed by atoms with Gasteiger partial charge in [-0.15, -0.1) is 24.0 Å². The van der Waals surface area contributed by atoms with Crippen LogP contribution in [0.4, 0.5) is 0 Å². The maximum absolute atomic E-state index is 5.57. The van der Waals surface area contributed by atoms with Crippen molar-refractivity contribution in [3.63, 3.8) is 0 Å². The minimum absolute atomic E-state index is 0. The van der Waals surface area contributed by atoms with E-state index in [-0.39, 0.29) is 24.0 Å². The molecule has 1 aromatic rings. The minimum atomic E-state index is -1.55. The smallest absolute Gasteiger partial charge is 0.183 e. The molecule has 3 rings (SSSR count). The molecule has 7 heteroatoms. The van der Waals surface area contributed by atoms with Gasteiger partial charge in [-0.1, -0.05) is 0 Å². The number of hydrogen-bond acceptors (Lipinski definition) is 5. The van der Waals surface area contributed by atoms with Crippen molar-refractivity contribution in [2.45, 2.75) is 0 Å². The maximum Gasteiger partial charge on any atom is 0.183 e. The Labute approximate surface area is 156 Å². The van der Waals surface area contributed by atoms with Gasteiger partial charge in [-0.2, -0.15) is 9.34 Å². The molecule has 0 spiro atoms. The number of ether oxygens (including phenoxy) is 3. The van der Waals surface area contributed by atoms with Crippen LogP contribution in [0.25, 0.3) is 0 Å². The molecular weight excluding hydrogens is 426 g/mol. The molecule has 5 nitrogen and oxygen atoms in total. The highest BCUT2D eigenvalue weighted by molar-refractivity contribution is 14.0. The average Bonchev–Trinajstić information content (AvgIpc) is 2.62. The monoisotopic (exact) mass is 453 g/mol. The Morgan fingerprint density at radius 2 is 1.30 bits per heavy atom. The number of hydrogen-bond donors (Lipinski definition) is 0. The van der Waals surface area contributed by atoms with E-state index in [1.165, 1.54) is 5.30 Å². The molecule has 2 heterocycles. The van der Waals surface area contributed by atoms with E-state index in [1.54, 1.807) is 7.11 Å². The zero-order chi connectivity index (χ0) is 15.4. The summed E-state index contributed by atoms with van der Waals surface area (Å²) in [5.74, 6) is 0.916. The molecule has 23 heavy (non-hydrogen) atoms. The topological polar surface area (TPSA) is 34.2 Å². The highest BCUT2D eigenvalue weighted by Gasteiger charge is 2.49. The number of morpholine rings is 2. The summed E-state index contributed by atoms with van der Waals surface area (Å²) in [5.41, 5.74) is 0. The fraction of sp³-hybridized carbons (Fsp3) is 0.625. The third-order valence-electron chi connectivity index (χ3n) is 4.64. The van der Waals surface area contributed by atoms with Crippen LogP contribution in [0.15, 0.2) is 24.3 Å². The predicted molar refractivity (Wildman–Crippen MR) is 106 cm³/mol. The van der Waals surface area contributed by atoms with Gasteiger partial charge < -0.3 is 14.2 Å². The molecule has 2 aliphatic heterocycles. The number of rotatable bonds is 4. The maximum atomic E-state index is 5.57. The zero-order valence-electron chi connectivity index (χ0n) is 13.9. The highest BCUT2D eigenvalue weighted by Crippen LogP contribution is 2.60. The summed E-state index contributed by atoms with van der Waals surface area (Å²) in [6, 6.07) is 8.62. The molecule has 0 bridgehead atoms. The largest absolute Gasteiger partial charge is 0.497 e. The molecule has 0 atom stereocenters. The van der Waals surface area contributed by atoms with E-state index in [0.717, 1.165) is 58.4 Å². The Hall–Kier alpha value is 0.0200. The van der Waals surface area contributed by atoms with Gasteiger partial charge in [-0.05, 0) is 24.3 Å². The van der Waals surface area contributed by atoms with Gasteiger partial charge in [0.25, 0.3) is 0 Å². The molecule has 130 valence electrons. The molecule has 0 N–H and O–H groups in total. The number of nitrogens with zero attached hydrogens (tertiary/aromatic N) is 2. The molecule has 0 saturated carbocycles. The number of methoxy groups -OCH3 is 1. The lowest BCUT2D eigenvalue weighted by molar-refractivity contribution is 0.0570. The summed E-state index contributed by atoms with van der Waals surface area (Å²) in [7, 11) is 0.164. The molecule has 0 radical (unpaired) electrons. The summed E-state index contributed by atoms with van der Waals surface area (Å²) in [6.45, 7) is 9.78. The quantitative estimate of drug-likeness (QED) is 0.516. The molecule has 2 aliphatic rings. The van der Waals surface area contributed by atoms with E-state index in [2.05, 4.69) is 40.3 Å². The minimum Gasteiger partial charge on any atom is -0.497 e. The van der Waals surface area contributed by atoms with Crippen LogP contribution in [0.3, 0.4) is 0 Å². The Morgan fingerprint density at radius 1 is 0.870 bits per heavy atom. The fourth-order valence-electron chi connectivity index (χ4n) is 3.26. The second-order valence-corrected chi connectivity index (χ2v) is 9.22. The fourth-order valence-corrected chi connectivity index (χ4v) is 6.87. The molecule has 1 aromatic carbocycles. The molecular formula is C16H27IN2O3P+. The highest BCUT2D eigenvalue weighted by atomic mass is 127. The van der Waals surface area contributed by atoms with E-state index in [1.807, 2.05) is 0 Å². The normalized spacial score (nSPS) is 20.8. The second-order valence-electron chi connectivity index (χ2n) is 5.74. The van der Waals surface area contributed by atoms with Crippen molar-refractivity contribution in [2.24, 2.45) is 0 Å². The van der Waals surface area contributed by atoms with E-state index in [0.29, 0.717) is 0 Å². The van der Waals surface area contributed by atoms with Crippen molar-refractivity contribution in [1.29, 1.82) is 0 Å². The lowest BCUT2D eigenvalue weighted by Gasteiger charge is -2.43. The van der Waals surface area contributed by atoms with Gasteiger partial charge in [0.15, 0.2) is 7.56 Å². The third-order valence-corrected chi connectivity index (χ3v) is 8.92. The van der Waals surface area contributed by atoms with Crippen LogP contribution in [0.5, 0.6) is 5.75 Å². The molecule has 0 aromatic heterocycles. The van der Waals surface area contributed by atoms with Crippen molar-refractivity contribution < 1.29 is 14.2 Å². The van der Waals surface area contributed by atoms with Gasteiger partial charge in [0.1, 0.15) is 11.1 Å². The van der Waals surface area contributed by atoms with Gasteiger partial charge in [0, 0.05) is 0 Å². The molecule has 2 fully saturated rings. The molecule has 0 unspecified atom stereocenters. The predicted octanol–water partition coefficient (Wildman–Crippen LogP) is 2.08. The summed E-state index contributed by atoms with van der Waals surface area (Å²) in [4.78, 5) is 0. The van der Waals surface area contributed by atoms with Crippen LogP contribution in [0.1, 0.15) is 0 Å². The van der Waals surface area contributed by atoms with Crippen molar-refractivity contribution in [3.05, 3.63) is 24.3 Å². The van der Waals surface area contributed by atoms with E-state index in [4.69, 9.17) is 14.2 Å². The van der Waals surface area contributed by atoms with Crippen LogP contribution < -0.4 is 10.0 Å². The van der Waals surface area contributed by atoms with Gasteiger partial charge in [0.05, 0.1) is 66.4 Å². The van der Waals surface area contributed by atoms with Crippen molar-refractivity contribution in [1.82, 2.24) is 9.34 Å². The Kier molecular flexibility index (Phi) is 7.51. The van der Waals surface area contributed by atoms with Gasteiger partial charge >= 0.3 is 0 Å². The summed E-state index contributed by atoms with van der Waals surface area (Å²) >= 11 is 0. The zero-order valence-corrected chi connectivity index (χ0v) is 17.2. The van der Waals surface area contributed by atoms with Crippen molar-refractivity contribution >= 4 is 36.8 Å². The van der Waals surface area contributed by atoms with Gasteiger partial charge in [-0.25, -0.2) is 0 Å². The van der Waals surface area contributed by atoms with Crippen LogP contribution in [-0.2, 0) is 9.47 Å². The first-order valence-electron chi connectivity index (χ1n) is 7.92. The van der Waals surface area contributed by atoms with E-state index < -0.39 is 7.56 Å². The summed E-state index contributed by atoms with van der Waals surface area (Å²) in [6.07, 6.45) is 0. The standard InChI is InChI=1S/C16H26N2O3P.HI/c1-19-15-3-5-16(6-4-15)22(2,17-7-11-20-12-8-17)18-9-13-21-14-10-18;/h3-6H,7-14H2,1-2H3;1H/q+1;. The Bertz CT molecular complexity index is 459. The van der Waals surface area contributed by atoms with Crippen molar-refractivity contribution in [2.75, 3.05) is 66.4 Å². The first-order valence-corrected chi connectivity index (χ1v) is 10.1. The molecule has 2 saturated heterocycles. The first-order chi connectivity index (χ1) is 10.7. The number of benzene rings is 1. The SMILES string of the molecule is COc1ccc([P+](C)(N2CCOCC2)N2CCOCC2)cc1.I.